The van der Waals surface area contributed by atoms with E-state index < -0.39 is 0 Å². The zero-order valence-corrected chi connectivity index (χ0v) is 17.4. The molecule has 2 heterocycles. The van der Waals surface area contributed by atoms with E-state index in [1.807, 2.05) is 36.4 Å². The van der Waals surface area contributed by atoms with Crippen LogP contribution in [0, 0.1) is 0 Å². The van der Waals surface area contributed by atoms with Gasteiger partial charge in [-0.3, -0.25) is 9.89 Å². The van der Waals surface area contributed by atoms with Gasteiger partial charge in [-0.25, -0.2) is 0 Å². The number of rotatable bonds is 9. The number of nitrogens with zero attached hydrogens (tertiary/aromatic N) is 2. The number of piperidine rings is 1. The molecule has 29 heavy (non-hydrogen) atoms. The molecule has 1 aromatic heterocycles. The van der Waals surface area contributed by atoms with E-state index in [-0.39, 0.29) is 18.6 Å². The average molecular weight is 399 g/mol. The molecule has 1 aliphatic heterocycles. The van der Waals surface area contributed by atoms with Crippen molar-refractivity contribution in [2.24, 2.45) is 4.99 Å². The Morgan fingerprint density at radius 2 is 1.90 bits per heavy atom. The van der Waals surface area contributed by atoms with Gasteiger partial charge in [-0.15, -0.1) is 0 Å². The summed E-state index contributed by atoms with van der Waals surface area (Å²) in [5.41, 5.74) is 1.11. The van der Waals surface area contributed by atoms with Gasteiger partial charge in [0.2, 0.25) is 0 Å². The van der Waals surface area contributed by atoms with E-state index >= 15 is 0 Å². The van der Waals surface area contributed by atoms with E-state index in [0.29, 0.717) is 6.54 Å². The minimum atomic E-state index is -0.00498. The number of aliphatic imine (C=N–C) groups is 1. The van der Waals surface area contributed by atoms with E-state index in [1.165, 1.54) is 19.3 Å². The van der Waals surface area contributed by atoms with Crippen LogP contribution >= 0.6 is 0 Å². The topological polar surface area (TPSA) is 73.0 Å². The molecule has 0 saturated carbocycles. The molecule has 1 saturated heterocycles. The number of aliphatic hydroxyl groups is 1. The lowest BCUT2D eigenvalue weighted by molar-refractivity contribution is 0.146. The number of guanidine groups is 1. The number of aliphatic hydroxyl groups excluding tert-OH is 1. The Kier molecular flexibility index (Phi) is 8.58. The number of hydrogen-bond donors (Lipinski definition) is 3. The standard InChI is InChI=1S/C23H34N4O2/c1-2-24-23(25-16-20(18-28)19-10-5-3-6-11-19)26-17-21(22-12-9-15-29-22)27-13-7-4-8-14-27/h3,5-6,9-12,15,20-21,28H,2,4,7-8,13-14,16-18H2,1H3,(H2,24,25,26). The van der Waals surface area contributed by atoms with Gasteiger partial charge in [0, 0.05) is 19.0 Å². The molecule has 2 atom stereocenters. The van der Waals surface area contributed by atoms with Crippen molar-refractivity contribution in [2.45, 2.75) is 38.1 Å². The second-order valence-electron chi connectivity index (χ2n) is 7.52. The third-order valence-electron chi connectivity index (χ3n) is 5.47. The highest BCUT2D eigenvalue weighted by Gasteiger charge is 2.24. The van der Waals surface area contributed by atoms with E-state index in [0.717, 1.165) is 43.5 Å². The first-order valence-corrected chi connectivity index (χ1v) is 10.8. The Morgan fingerprint density at radius 3 is 2.55 bits per heavy atom. The van der Waals surface area contributed by atoms with Crippen molar-refractivity contribution in [2.75, 3.05) is 39.3 Å². The normalized spacial score (nSPS) is 17.7. The number of likely N-dealkylation sites (tertiary alicyclic amines) is 1. The lowest BCUT2D eigenvalue weighted by atomic mass is 10.0. The van der Waals surface area contributed by atoms with Crippen molar-refractivity contribution in [3.8, 4) is 0 Å². The monoisotopic (exact) mass is 398 g/mol. The molecule has 1 aromatic carbocycles. The highest BCUT2D eigenvalue weighted by molar-refractivity contribution is 5.79. The highest BCUT2D eigenvalue weighted by Crippen LogP contribution is 2.24. The summed E-state index contributed by atoms with van der Waals surface area (Å²) in [5, 5.41) is 16.6. The van der Waals surface area contributed by atoms with Crippen molar-refractivity contribution >= 4 is 5.96 Å². The van der Waals surface area contributed by atoms with Gasteiger partial charge in [-0.05, 0) is 50.6 Å². The van der Waals surface area contributed by atoms with E-state index in [2.05, 4.69) is 28.5 Å². The Balaban J connectivity index is 1.65. The molecular formula is C23H34N4O2. The van der Waals surface area contributed by atoms with Gasteiger partial charge in [0.15, 0.2) is 5.96 Å². The molecule has 3 N–H and O–H groups in total. The van der Waals surface area contributed by atoms with Crippen LogP contribution in [0.1, 0.15) is 49.5 Å². The molecule has 1 fully saturated rings. The van der Waals surface area contributed by atoms with Gasteiger partial charge < -0.3 is 20.2 Å². The van der Waals surface area contributed by atoms with Crippen molar-refractivity contribution in [3.63, 3.8) is 0 Å². The second-order valence-corrected chi connectivity index (χ2v) is 7.52. The molecule has 0 aliphatic carbocycles. The molecule has 0 bridgehead atoms. The molecule has 2 unspecified atom stereocenters. The summed E-state index contributed by atoms with van der Waals surface area (Å²) in [7, 11) is 0. The Hall–Kier alpha value is -2.31. The largest absolute Gasteiger partial charge is 0.468 e. The fourth-order valence-electron chi connectivity index (χ4n) is 3.85. The minimum absolute atomic E-state index is 0.00498. The Labute approximate surface area is 174 Å². The van der Waals surface area contributed by atoms with Gasteiger partial charge in [-0.2, -0.15) is 0 Å². The van der Waals surface area contributed by atoms with E-state index in [9.17, 15) is 5.11 Å². The van der Waals surface area contributed by atoms with Crippen LogP contribution in [-0.4, -0.2) is 55.3 Å². The maximum atomic E-state index is 9.81. The summed E-state index contributed by atoms with van der Waals surface area (Å²) in [4.78, 5) is 7.24. The zero-order valence-electron chi connectivity index (χ0n) is 17.4. The maximum absolute atomic E-state index is 9.81. The third-order valence-corrected chi connectivity index (χ3v) is 5.47. The zero-order chi connectivity index (χ0) is 20.3. The van der Waals surface area contributed by atoms with Crippen molar-refractivity contribution in [1.29, 1.82) is 0 Å². The SMILES string of the molecule is CCNC(=NCC(CO)c1ccccc1)NCC(c1ccco1)N1CCCCC1. The summed E-state index contributed by atoms with van der Waals surface area (Å²) in [5.74, 6) is 1.76. The van der Waals surface area contributed by atoms with Crippen LogP contribution in [0.5, 0.6) is 0 Å². The lowest BCUT2D eigenvalue weighted by Gasteiger charge is -2.33. The summed E-state index contributed by atoms with van der Waals surface area (Å²) >= 11 is 0. The summed E-state index contributed by atoms with van der Waals surface area (Å²) < 4.78 is 5.74. The predicted molar refractivity (Wildman–Crippen MR) is 117 cm³/mol. The summed E-state index contributed by atoms with van der Waals surface area (Å²) in [6.45, 7) is 6.39. The van der Waals surface area contributed by atoms with Crippen molar-refractivity contribution in [1.82, 2.24) is 15.5 Å². The molecule has 0 radical (unpaired) electrons. The molecule has 6 heteroatoms. The Bertz CT molecular complexity index is 712. The number of hydrogen-bond acceptors (Lipinski definition) is 4. The highest BCUT2D eigenvalue weighted by atomic mass is 16.3. The lowest BCUT2D eigenvalue weighted by Crippen LogP contribution is -2.44. The second kappa shape index (κ2) is 11.6. The van der Waals surface area contributed by atoms with Crippen LogP contribution in [0.3, 0.4) is 0 Å². The number of nitrogens with one attached hydrogen (secondary N) is 2. The molecule has 158 valence electrons. The number of benzene rings is 1. The van der Waals surface area contributed by atoms with Crippen molar-refractivity contribution < 1.29 is 9.52 Å². The van der Waals surface area contributed by atoms with Gasteiger partial charge in [0.05, 0.1) is 25.5 Å². The summed E-state index contributed by atoms with van der Waals surface area (Å²) in [6, 6.07) is 14.3. The van der Waals surface area contributed by atoms with Crippen LogP contribution in [0.15, 0.2) is 58.1 Å². The molecule has 3 rings (SSSR count). The fourth-order valence-corrected chi connectivity index (χ4v) is 3.85. The van der Waals surface area contributed by atoms with E-state index in [1.54, 1.807) is 6.26 Å². The van der Waals surface area contributed by atoms with Crippen LogP contribution in [-0.2, 0) is 0 Å². The van der Waals surface area contributed by atoms with E-state index in [4.69, 9.17) is 9.41 Å². The first-order chi connectivity index (χ1) is 14.3. The quantitative estimate of drug-likeness (QED) is 0.447. The molecule has 2 aromatic rings. The van der Waals surface area contributed by atoms with Crippen molar-refractivity contribution in [3.05, 3.63) is 60.1 Å². The minimum Gasteiger partial charge on any atom is -0.468 e. The molecule has 0 amide bonds. The first-order valence-electron chi connectivity index (χ1n) is 10.8. The third kappa shape index (κ3) is 6.34. The molecular weight excluding hydrogens is 364 g/mol. The number of furan rings is 1. The van der Waals surface area contributed by atoms with Gasteiger partial charge in [0.25, 0.3) is 0 Å². The van der Waals surface area contributed by atoms with Gasteiger partial charge >= 0.3 is 0 Å². The van der Waals surface area contributed by atoms with Gasteiger partial charge in [0.1, 0.15) is 5.76 Å². The summed E-state index contributed by atoms with van der Waals surface area (Å²) in [6.07, 6.45) is 5.53. The van der Waals surface area contributed by atoms with Crippen LogP contribution in [0.4, 0.5) is 0 Å². The fraction of sp³-hybridized carbons (Fsp3) is 0.522. The molecule has 0 spiro atoms. The average Bonchev–Trinajstić information content (AvgIpc) is 3.30. The first kappa shape index (κ1) is 21.4. The maximum Gasteiger partial charge on any atom is 0.191 e. The van der Waals surface area contributed by atoms with Crippen LogP contribution < -0.4 is 10.6 Å². The molecule has 1 aliphatic rings. The Morgan fingerprint density at radius 1 is 1.10 bits per heavy atom. The van der Waals surface area contributed by atoms with Crippen LogP contribution in [0.2, 0.25) is 0 Å². The van der Waals surface area contributed by atoms with Crippen LogP contribution in [0.25, 0.3) is 0 Å². The smallest absolute Gasteiger partial charge is 0.191 e. The van der Waals surface area contributed by atoms with Gasteiger partial charge in [-0.1, -0.05) is 36.8 Å². The molecule has 6 nitrogen and oxygen atoms in total. The predicted octanol–water partition coefficient (Wildman–Crippen LogP) is 3.14.